The zero-order valence-corrected chi connectivity index (χ0v) is 12.8. The molecule has 0 aromatic heterocycles. The average molecular weight is 282 g/mol. The van der Waals surface area contributed by atoms with Gasteiger partial charge in [-0.25, -0.2) is 0 Å². The highest BCUT2D eigenvalue weighted by atomic mass is 16.5. The molecule has 0 saturated heterocycles. The zero-order valence-electron chi connectivity index (χ0n) is 12.8. The van der Waals surface area contributed by atoms with Gasteiger partial charge in [-0.1, -0.05) is 6.07 Å². The van der Waals surface area contributed by atoms with Crippen molar-refractivity contribution in [1.29, 1.82) is 0 Å². The quantitative estimate of drug-likeness (QED) is 0.702. The largest absolute Gasteiger partial charge is 0.493 e. The van der Waals surface area contributed by atoms with Gasteiger partial charge in [0.2, 0.25) is 0 Å². The van der Waals surface area contributed by atoms with E-state index in [1.165, 1.54) is 0 Å². The maximum Gasteiger partial charge on any atom is 0.161 e. The second kappa shape index (κ2) is 7.47. The van der Waals surface area contributed by atoms with E-state index in [1.807, 2.05) is 39.0 Å². The van der Waals surface area contributed by atoms with Crippen LogP contribution in [0.3, 0.4) is 0 Å². The Kier molecular flexibility index (Phi) is 6.26. The molecular weight excluding hydrogens is 256 g/mol. The predicted molar refractivity (Wildman–Crippen MR) is 80.1 cm³/mol. The third kappa shape index (κ3) is 5.77. The minimum atomic E-state index is -0.583. The molecule has 0 aliphatic rings. The summed E-state index contributed by atoms with van der Waals surface area (Å²) in [5, 5.41) is 13.1. The smallest absolute Gasteiger partial charge is 0.161 e. The number of nitrogens with two attached hydrogens (primary N) is 1. The molecular formula is C15H26N2O3. The highest BCUT2D eigenvalue weighted by Crippen LogP contribution is 2.28. The summed E-state index contributed by atoms with van der Waals surface area (Å²) >= 11 is 0. The minimum absolute atomic E-state index is 0.0296. The number of benzene rings is 1. The molecule has 0 aliphatic heterocycles. The maximum absolute atomic E-state index is 9.91. The van der Waals surface area contributed by atoms with E-state index in [-0.39, 0.29) is 12.1 Å². The van der Waals surface area contributed by atoms with Crippen LogP contribution in [-0.2, 0) is 6.54 Å². The van der Waals surface area contributed by atoms with E-state index >= 15 is 0 Å². The van der Waals surface area contributed by atoms with Crippen LogP contribution in [0.25, 0.3) is 0 Å². The van der Waals surface area contributed by atoms with Crippen LogP contribution in [0.4, 0.5) is 0 Å². The molecule has 1 aromatic rings. The Labute approximate surface area is 121 Å². The molecule has 0 heterocycles. The van der Waals surface area contributed by atoms with E-state index in [4.69, 9.17) is 15.2 Å². The highest BCUT2D eigenvalue weighted by Gasteiger charge is 2.13. The molecule has 5 heteroatoms. The number of β-amino-alcohol motifs (C(OH)–C–C–N with tert-alkyl or cyclic N) is 1. The van der Waals surface area contributed by atoms with E-state index in [0.717, 1.165) is 5.56 Å². The van der Waals surface area contributed by atoms with Crippen molar-refractivity contribution in [2.75, 3.05) is 20.3 Å². The number of aliphatic hydroxyl groups is 1. The Hall–Kier alpha value is -1.30. The van der Waals surface area contributed by atoms with Gasteiger partial charge in [-0.05, 0) is 38.5 Å². The lowest BCUT2D eigenvalue weighted by molar-refractivity contribution is 0.0984. The van der Waals surface area contributed by atoms with E-state index < -0.39 is 6.10 Å². The summed E-state index contributed by atoms with van der Waals surface area (Å²) in [6, 6.07) is 5.54. The van der Waals surface area contributed by atoms with Crippen LogP contribution in [0, 0.1) is 0 Å². The molecule has 0 bridgehead atoms. The highest BCUT2D eigenvalue weighted by molar-refractivity contribution is 5.42. The van der Waals surface area contributed by atoms with Gasteiger partial charge in [0.25, 0.3) is 0 Å². The number of aliphatic hydroxyl groups excluding tert-OH is 1. The van der Waals surface area contributed by atoms with Gasteiger partial charge in [-0.3, -0.25) is 0 Å². The Morgan fingerprint density at radius 1 is 1.30 bits per heavy atom. The molecule has 20 heavy (non-hydrogen) atoms. The Morgan fingerprint density at radius 3 is 2.55 bits per heavy atom. The lowest BCUT2D eigenvalue weighted by Crippen LogP contribution is -2.42. The number of rotatable bonds is 7. The van der Waals surface area contributed by atoms with Crippen molar-refractivity contribution in [3.8, 4) is 11.5 Å². The van der Waals surface area contributed by atoms with Gasteiger partial charge in [-0.15, -0.1) is 0 Å². The molecule has 0 amide bonds. The fourth-order valence-electron chi connectivity index (χ4n) is 1.63. The number of ether oxygens (including phenoxy) is 2. The monoisotopic (exact) mass is 282 g/mol. The first-order valence-electron chi connectivity index (χ1n) is 6.78. The van der Waals surface area contributed by atoms with Crippen LogP contribution in [-0.4, -0.2) is 37.0 Å². The zero-order chi connectivity index (χ0) is 15.2. The molecule has 1 aromatic carbocycles. The summed E-state index contributed by atoms with van der Waals surface area (Å²) in [7, 11) is 1.59. The first-order chi connectivity index (χ1) is 9.35. The number of nitrogens with one attached hydrogen (secondary N) is 1. The van der Waals surface area contributed by atoms with Crippen LogP contribution in [0.15, 0.2) is 18.2 Å². The molecule has 1 atom stereocenters. The van der Waals surface area contributed by atoms with E-state index in [0.29, 0.717) is 24.6 Å². The Bertz CT molecular complexity index is 416. The van der Waals surface area contributed by atoms with Crippen LogP contribution in [0.2, 0.25) is 0 Å². The van der Waals surface area contributed by atoms with Crippen molar-refractivity contribution in [1.82, 2.24) is 5.32 Å². The van der Waals surface area contributed by atoms with Crippen LogP contribution < -0.4 is 20.5 Å². The number of methoxy groups -OCH3 is 1. The van der Waals surface area contributed by atoms with Crippen molar-refractivity contribution in [3.05, 3.63) is 23.8 Å². The van der Waals surface area contributed by atoms with Gasteiger partial charge < -0.3 is 25.6 Å². The molecule has 1 rings (SSSR count). The lowest BCUT2D eigenvalue weighted by atomic mass is 10.1. The summed E-state index contributed by atoms with van der Waals surface area (Å²) in [5.41, 5.74) is 6.54. The number of hydrogen-bond donors (Lipinski definition) is 3. The summed E-state index contributed by atoms with van der Waals surface area (Å²) in [6.45, 7) is 7.27. The molecule has 1 unspecified atom stereocenters. The lowest BCUT2D eigenvalue weighted by Gasteiger charge is -2.23. The summed E-state index contributed by atoms with van der Waals surface area (Å²) in [5.74, 6) is 1.24. The molecule has 0 aliphatic carbocycles. The third-order valence-corrected chi connectivity index (χ3v) is 2.76. The average Bonchev–Trinajstić information content (AvgIpc) is 2.41. The van der Waals surface area contributed by atoms with Gasteiger partial charge >= 0.3 is 0 Å². The van der Waals surface area contributed by atoms with Gasteiger partial charge in [0.15, 0.2) is 11.5 Å². The minimum Gasteiger partial charge on any atom is -0.493 e. The summed E-state index contributed by atoms with van der Waals surface area (Å²) in [4.78, 5) is 0. The van der Waals surface area contributed by atoms with Crippen molar-refractivity contribution < 1.29 is 14.6 Å². The normalized spacial score (nSPS) is 13.1. The Morgan fingerprint density at radius 2 is 2.00 bits per heavy atom. The molecule has 4 N–H and O–H groups in total. The third-order valence-electron chi connectivity index (χ3n) is 2.76. The van der Waals surface area contributed by atoms with Crippen LogP contribution in [0.5, 0.6) is 11.5 Å². The van der Waals surface area contributed by atoms with Crippen molar-refractivity contribution in [2.45, 2.75) is 39.0 Å². The maximum atomic E-state index is 9.91. The molecule has 0 fully saturated rings. The topological polar surface area (TPSA) is 76.7 Å². The first kappa shape index (κ1) is 16.8. The van der Waals surface area contributed by atoms with Crippen molar-refractivity contribution >= 4 is 0 Å². The van der Waals surface area contributed by atoms with Gasteiger partial charge in [0.05, 0.1) is 7.11 Å². The van der Waals surface area contributed by atoms with E-state index in [1.54, 1.807) is 7.11 Å². The molecule has 0 radical (unpaired) electrons. The van der Waals surface area contributed by atoms with E-state index in [2.05, 4.69) is 5.32 Å². The molecule has 114 valence electrons. The molecule has 0 spiro atoms. The standard InChI is InChI=1S/C15H26N2O3/c1-15(2,3)17-9-12(18)10-20-14-7-11(8-16)5-6-13(14)19-4/h5-7,12,17-18H,8-10,16H2,1-4H3. The predicted octanol–water partition coefficient (Wildman–Crippen LogP) is 1.28. The molecule has 5 nitrogen and oxygen atoms in total. The first-order valence-corrected chi connectivity index (χ1v) is 6.78. The van der Waals surface area contributed by atoms with Gasteiger partial charge in [0, 0.05) is 18.6 Å². The Balaban J connectivity index is 2.55. The van der Waals surface area contributed by atoms with Crippen molar-refractivity contribution in [3.63, 3.8) is 0 Å². The van der Waals surface area contributed by atoms with Crippen molar-refractivity contribution in [2.24, 2.45) is 5.73 Å². The van der Waals surface area contributed by atoms with Crippen LogP contribution in [0.1, 0.15) is 26.3 Å². The van der Waals surface area contributed by atoms with Gasteiger partial charge in [-0.2, -0.15) is 0 Å². The second-order valence-electron chi connectivity index (χ2n) is 5.79. The van der Waals surface area contributed by atoms with E-state index in [9.17, 15) is 5.11 Å². The fourth-order valence-corrected chi connectivity index (χ4v) is 1.63. The SMILES string of the molecule is COc1ccc(CN)cc1OCC(O)CNC(C)(C)C. The molecule has 0 saturated carbocycles. The fraction of sp³-hybridized carbons (Fsp3) is 0.600. The number of hydrogen-bond acceptors (Lipinski definition) is 5. The second-order valence-corrected chi connectivity index (χ2v) is 5.79. The summed E-state index contributed by atoms with van der Waals surface area (Å²) < 4.78 is 10.9. The van der Waals surface area contributed by atoms with Crippen LogP contribution >= 0.6 is 0 Å². The van der Waals surface area contributed by atoms with Gasteiger partial charge in [0.1, 0.15) is 12.7 Å². The summed E-state index contributed by atoms with van der Waals surface area (Å²) in [6.07, 6.45) is -0.583.